The molecule has 9 nitrogen and oxygen atoms in total. The SMILES string of the molecule is CN1CCN(CCN(C)c2ccc(N=C(c3ccccc3)c3c(O)[nH]c4nc(C(=O)O)ccc34)cc2)CC1. The van der Waals surface area contributed by atoms with E-state index in [1.165, 1.54) is 6.07 Å². The molecule has 5 rings (SSSR count). The van der Waals surface area contributed by atoms with Crippen LogP contribution in [0.1, 0.15) is 21.6 Å². The number of aliphatic imine (C=N–C) groups is 1. The molecule has 0 atom stereocenters. The molecule has 1 fully saturated rings. The van der Waals surface area contributed by atoms with Crippen LogP contribution in [-0.2, 0) is 0 Å². The average Bonchev–Trinajstić information content (AvgIpc) is 3.26. The van der Waals surface area contributed by atoms with Crippen molar-refractivity contribution in [3.8, 4) is 5.88 Å². The van der Waals surface area contributed by atoms with Gasteiger partial charge in [0.25, 0.3) is 0 Å². The Morgan fingerprint density at radius 3 is 2.42 bits per heavy atom. The number of likely N-dealkylation sites (N-methyl/N-ethyl adjacent to an activating group) is 2. The Labute approximate surface area is 221 Å². The maximum absolute atomic E-state index is 11.4. The number of carboxylic acid groups (broad SMARTS) is 1. The molecule has 2 aromatic heterocycles. The van der Waals surface area contributed by atoms with Gasteiger partial charge in [0.2, 0.25) is 0 Å². The van der Waals surface area contributed by atoms with E-state index in [1.807, 2.05) is 42.5 Å². The normalized spacial score (nSPS) is 15.2. The lowest BCUT2D eigenvalue weighted by Crippen LogP contribution is -2.46. The summed E-state index contributed by atoms with van der Waals surface area (Å²) >= 11 is 0. The van der Waals surface area contributed by atoms with Gasteiger partial charge in [-0.1, -0.05) is 30.3 Å². The molecule has 0 bridgehead atoms. The standard InChI is InChI=1S/C29H32N6O3/c1-33-14-17-35(18-15-33)19-16-34(2)22-10-8-21(9-11-22)30-26(20-6-4-3-5-7-20)25-23-12-13-24(29(37)38)31-27(23)32-28(25)36/h3-13,36H,14-19H2,1-2H3,(H,31,32)(H,37,38). The third-order valence-corrected chi connectivity index (χ3v) is 7.02. The van der Waals surface area contributed by atoms with Gasteiger partial charge in [-0.15, -0.1) is 0 Å². The topological polar surface area (TPSA) is 108 Å². The van der Waals surface area contributed by atoms with Crippen LogP contribution in [-0.4, -0.2) is 95.0 Å². The first-order valence-electron chi connectivity index (χ1n) is 12.7. The lowest BCUT2D eigenvalue weighted by molar-refractivity contribution is 0.0691. The molecule has 0 amide bonds. The first-order chi connectivity index (χ1) is 18.4. The van der Waals surface area contributed by atoms with Crippen LogP contribution < -0.4 is 4.90 Å². The van der Waals surface area contributed by atoms with Crippen molar-refractivity contribution >= 4 is 34.1 Å². The number of aromatic nitrogens is 2. The summed E-state index contributed by atoms with van der Waals surface area (Å²) in [5, 5.41) is 20.7. The second-order valence-electron chi connectivity index (χ2n) is 9.66. The van der Waals surface area contributed by atoms with E-state index < -0.39 is 5.97 Å². The van der Waals surface area contributed by atoms with Gasteiger partial charge in [0.15, 0.2) is 11.6 Å². The van der Waals surface area contributed by atoms with E-state index in [9.17, 15) is 15.0 Å². The molecule has 0 radical (unpaired) electrons. The molecule has 9 heteroatoms. The molecule has 38 heavy (non-hydrogen) atoms. The molecule has 4 aromatic rings. The molecule has 0 spiro atoms. The highest BCUT2D eigenvalue weighted by atomic mass is 16.4. The van der Waals surface area contributed by atoms with E-state index in [-0.39, 0.29) is 11.6 Å². The van der Waals surface area contributed by atoms with Gasteiger partial charge in [-0.3, -0.25) is 4.90 Å². The largest absolute Gasteiger partial charge is 0.494 e. The number of hydrogen-bond donors (Lipinski definition) is 3. The molecule has 3 N–H and O–H groups in total. The van der Waals surface area contributed by atoms with Crippen molar-refractivity contribution in [2.45, 2.75) is 0 Å². The highest BCUT2D eigenvalue weighted by Gasteiger charge is 2.21. The Morgan fingerprint density at radius 1 is 1.03 bits per heavy atom. The molecule has 0 saturated carbocycles. The Balaban J connectivity index is 1.42. The number of rotatable bonds is 8. The number of nitrogens with zero attached hydrogens (tertiary/aromatic N) is 5. The minimum Gasteiger partial charge on any atom is -0.494 e. The number of H-pyrrole nitrogens is 1. The minimum atomic E-state index is -1.13. The van der Waals surface area contributed by atoms with Crippen LogP contribution >= 0.6 is 0 Å². The fourth-order valence-electron chi connectivity index (χ4n) is 4.68. The van der Waals surface area contributed by atoms with Gasteiger partial charge in [0, 0.05) is 63.0 Å². The van der Waals surface area contributed by atoms with Crippen LogP contribution in [0.4, 0.5) is 11.4 Å². The average molecular weight is 513 g/mol. The van der Waals surface area contributed by atoms with Gasteiger partial charge < -0.3 is 25.0 Å². The van der Waals surface area contributed by atoms with E-state index in [4.69, 9.17) is 4.99 Å². The van der Waals surface area contributed by atoms with Crippen molar-refractivity contribution in [3.63, 3.8) is 0 Å². The number of aromatic carboxylic acids is 1. The Bertz CT molecular complexity index is 1440. The maximum atomic E-state index is 11.4. The van der Waals surface area contributed by atoms with E-state index in [2.05, 4.69) is 50.9 Å². The fourth-order valence-corrected chi connectivity index (χ4v) is 4.68. The predicted octanol–water partition coefficient (Wildman–Crippen LogP) is 3.82. The van der Waals surface area contributed by atoms with Crippen LogP contribution in [0, 0.1) is 0 Å². The van der Waals surface area contributed by atoms with Crippen molar-refractivity contribution in [2.24, 2.45) is 4.99 Å². The van der Waals surface area contributed by atoms with E-state index in [0.717, 1.165) is 56.2 Å². The second-order valence-corrected chi connectivity index (χ2v) is 9.66. The third kappa shape index (κ3) is 5.53. The highest BCUT2D eigenvalue weighted by Crippen LogP contribution is 2.31. The number of hydrogen-bond acceptors (Lipinski definition) is 7. The Kier molecular flexibility index (Phi) is 7.39. The molecule has 1 aliphatic heterocycles. The summed E-state index contributed by atoms with van der Waals surface area (Å²) < 4.78 is 0. The number of carboxylic acids is 1. The number of pyridine rings is 1. The van der Waals surface area contributed by atoms with Gasteiger partial charge in [-0.25, -0.2) is 14.8 Å². The predicted molar refractivity (Wildman–Crippen MR) is 150 cm³/mol. The van der Waals surface area contributed by atoms with Crippen molar-refractivity contribution in [1.29, 1.82) is 0 Å². The molecule has 3 heterocycles. The summed E-state index contributed by atoms with van der Waals surface area (Å²) in [6.45, 7) is 6.41. The van der Waals surface area contributed by atoms with Crippen molar-refractivity contribution < 1.29 is 15.0 Å². The zero-order chi connectivity index (χ0) is 26.6. The smallest absolute Gasteiger partial charge is 0.354 e. The minimum absolute atomic E-state index is 0.101. The third-order valence-electron chi connectivity index (χ3n) is 7.02. The number of benzene rings is 2. The molecule has 2 aromatic carbocycles. The summed E-state index contributed by atoms with van der Waals surface area (Å²) in [5.74, 6) is -1.24. The molecule has 1 aliphatic rings. The summed E-state index contributed by atoms with van der Waals surface area (Å²) in [6, 6.07) is 20.7. The molecular formula is C29H32N6O3. The summed E-state index contributed by atoms with van der Waals surface area (Å²) in [6.07, 6.45) is 0. The number of fused-ring (bicyclic) bond motifs is 1. The van der Waals surface area contributed by atoms with Gasteiger partial charge in [0.05, 0.1) is 17.0 Å². The molecule has 196 valence electrons. The van der Waals surface area contributed by atoms with Gasteiger partial charge >= 0.3 is 5.97 Å². The molecular weight excluding hydrogens is 480 g/mol. The molecule has 1 saturated heterocycles. The van der Waals surface area contributed by atoms with Gasteiger partial charge in [0.1, 0.15) is 5.65 Å². The number of aromatic hydroxyl groups is 1. The maximum Gasteiger partial charge on any atom is 0.354 e. The summed E-state index contributed by atoms with van der Waals surface area (Å²) in [4.78, 5) is 30.4. The summed E-state index contributed by atoms with van der Waals surface area (Å²) in [7, 11) is 4.27. The van der Waals surface area contributed by atoms with E-state index in [0.29, 0.717) is 22.3 Å². The van der Waals surface area contributed by atoms with Crippen LogP contribution in [0.5, 0.6) is 5.88 Å². The Hall–Kier alpha value is -4.21. The van der Waals surface area contributed by atoms with Crippen LogP contribution in [0.3, 0.4) is 0 Å². The Morgan fingerprint density at radius 2 is 1.74 bits per heavy atom. The number of carbonyl (C=O) groups is 1. The molecule has 0 unspecified atom stereocenters. The van der Waals surface area contributed by atoms with Crippen molar-refractivity contribution in [2.75, 3.05) is 58.3 Å². The van der Waals surface area contributed by atoms with Crippen LogP contribution in [0.2, 0.25) is 0 Å². The number of nitrogens with one attached hydrogen (secondary N) is 1. The van der Waals surface area contributed by atoms with Gasteiger partial charge in [-0.05, 0) is 43.4 Å². The fraction of sp³-hybridized carbons (Fsp3) is 0.276. The number of piperazine rings is 1. The van der Waals surface area contributed by atoms with Crippen LogP contribution in [0.25, 0.3) is 11.0 Å². The van der Waals surface area contributed by atoms with E-state index >= 15 is 0 Å². The zero-order valence-corrected chi connectivity index (χ0v) is 21.6. The first kappa shape index (κ1) is 25.4. The lowest BCUT2D eigenvalue weighted by atomic mass is 10.0. The van der Waals surface area contributed by atoms with Crippen molar-refractivity contribution in [1.82, 2.24) is 19.8 Å². The monoisotopic (exact) mass is 512 g/mol. The molecule has 0 aliphatic carbocycles. The van der Waals surface area contributed by atoms with E-state index in [1.54, 1.807) is 6.07 Å². The summed E-state index contributed by atoms with van der Waals surface area (Å²) in [5.41, 5.74) is 3.90. The second kappa shape index (κ2) is 11.0. The van der Waals surface area contributed by atoms with Gasteiger partial charge in [-0.2, -0.15) is 0 Å². The zero-order valence-electron chi connectivity index (χ0n) is 21.6. The highest BCUT2D eigenvalue weighted by molar-refractivity contribution is 6.21. The number of aromatic amines is 1. The first-order valence-corrected chi connectivity index (χ1v) is 12.7. The van der Waals surface area contributed by atoms with Crippen molar-refractivity contribution in [3.05, 3.63) is 83.6 Å². The number of anilines is 1. The quantitative estimate of drug-likeness (QED) is 0.308. The lowest BCUT2D eigenvalue weighted by Gasteiger charge is -2.33. The van der Waals surface area contributed by atoms with Crippen LogP contribution in [0.15, 0.2) is 71.7 Å².